The summed E-state index contributed by atoms with van der Waals surface area (Å²) in [6.07, 6.45) is 0. The Kier molecular flexibility index (Phi) is 3.12. The fraction of sp³-hybridized carbons (Fsp3) is 0.400. The molecule has 4 nitrogen and oxygen atoms in total. The summed E-state index contributed by atoms with van der Waals surface area (Å²) in [6.45, 7) is 2.41. The summed E-state index contributed by atoms with van der Waals surface area (Å²) in [6, 6.07) is 5.35. The molecule has 1 aliphatic rings. The Morgan fingerprint density at radius 1 is 1.50 bits per heavy atom. The average molecular weight is 306 g/mol. The number of rotatable bonds is 2. The Morgan fingerprint density at radius 3 is 2.94 bits per heavy atom. The normalized spacial score (nSPS) is 15.5. The third-order valence-corrected chi connectivity index (χ3v) is 4.72. The van der Waals surface area contributed by atoms with Crippen molar-refractivity contribution in [1.29, 1.82) is 0 Å². The van der Waals surface area contributed by atoms with E-state index in [-0.39, 0.29) is 5.75 Å². The van der Waals surface area contributed by atoms with E-state index >= 15 is 0 Å². The summed E-state index contributed by atoms with van der Waals surface area (Å²) in [7, 11) is -3.21. The van der Waals surface area contributed by atoms with Gasteiger partial charge in [-0.25, -0.2) is 8.42 Å². The van der Waals surface area contributed by atoms with Gasteiger partial charge in [0.1, 0.15) is 12.4 Å². The topological polar surface area (TPSA) is 46.6 Å². The van der Waals surface area contributed by atoms with Gasteiger partial charge in [-0.1, -0.05) is 15.9 Å². The Morgan fingerprint density at radius 2 is 2.25 bits per heavy atom. The van der Waals surface area contributed by atoms with Crippen molar-refractivity contribution in [2.75, 3.05) is 23.2 Å². The van der Waals surface area contributed by atoms with Gasteiger partial charge in [-0.05, 0) is 25.1 Å². The molecular weight excluding hydrogens is 294 g/mol. The molecule has 0 bridgehead atoms. The van der Waals surface area contributed by atoms with E-state index in [4.69, 9.17) is 4.74 Å². The predicted molar refractivity (Wildman–Crippen MR) is 66.4 cm³/mol. The molecule has 0 amide bonds. The van der Waals surface area contributed by atoms with Crippen molar-refractivity contribution in [2.45, 2.75) is 6.92 Å². The van der Waals surface area contributed by atoms with Gasteiger partial charge < -0.3 is 4.74 Å². The molecule has 0 aliphatic carbocycles. The van der Waals surface area contributed by atoms with Gasteiger partial charge in [0.05, 0.1) is 18.0 Å². The highest BCUT2D eigenvalue weighted by molar-refractivity contribution is 9.10. The SMILES string of the molecule is CCS(=O)(=O)N1CCOc2cc(Br)ccc21. The van der Waals surface area contributed by atoms with E-state index in [0.29, 0.717) is 24.6 Å². The van der Waals surface area contributed by atoms with Gasteiger partial charge in [0.15, 0.2) is 0 Å². The van der Waals surface area contributed by atoms with E-state index < -0.39 is 10.0 Å². The first-order valence-electron chi connectivity index (χ1n) is 4.97. The van der Waals surface area contributed by atoms with Gasteiger partial charge in [-0.15, -0.1) is 0 Å². The number of hydrogen-bond donors (Lipinski definition) is 0. The minimum absolute atomic E-state index is 0.0997. The highest BCUT2D eigenvalue weighted by Crippen LogP contribution is 2.35. The fourth-order valence-corrected chi connectivity index (χ4v) is 3.07. The largest absolute Gasteiger partial charge is 0.489 e. The number of fused-ring (bicyclic) bond motifs is 1. The van der Waals surface area contributed by atoms with Crippen LogP contribution in [0.1, 0.15) is 6.92 Å². The molecule has 0 saturated carbocycles. The zero-order chi connectivity index (χ0) is 11.8. The molecule has 0 spiro atoms. The average Bonchev–Trinajstić information content (AvgIpc) is 2.27. The molecule has 6 heteroatoms. The lowest BCUT2D eigenvalue weighted by atomic mass is 10.2. The molecule has 0 radical (unpaired) electrons. The molecule has 1 aliphatic heterocycles. The van der Waals surface area contributed by atoms with Crippen molar-refractivity contribution in [3.8, 4) is 5.75 Å². The molecule has 1 aromatic carbocycles. The first kappa shape index (κ1) is 11.7. The Labute approximate surface area is 103 Å². The van der Waals surface area contributed by atoms with E-state index in [1.54, 1.807) is 19.1 Å². The Balaban J connectivity index is 2.49. The van der Waals surface area contributed by atoms with Crippen LogP contribution in [0.5, 0.6) is 5.75 Å². The second-order valence-corrected chi connectivity index (χ2v) is 6.53. The van der Waals surface area contributed by atoms with Crippen molar-refractivity contribution in [3.63, 3.8) is 0 Å². The lowest BCUT2D eigenvalue weighted by Gasteiger charge is -2.30. The van der Waals surface area contributed by atoms with Crippen molar-refractivity contribution >= 4 is 31.6 Å². The van der Waals surface area contributed by atoms with Gasteiger partial charge in [-0.2, -0.15) is 0 Å². The van der Waals surface area contributed by atoms with Crippen molar-refractivity contribution in [2.24, 2.45) is 0 Å². The lowest BCUT2D eigenvalue weighted by Crippen LogP contribution is -2.38. The summed E-state index contributed by atoms with van der Waals surface area (Å²) >= 11 is 3.33. The van der Waals surface area contributed by atoms with E-state index in [0.717, 1.165) is 4.47 Å². The lowest BCUT2D eigenvalue weighted by molar-refractivity contribution is 0.315. The molecule has 1 aromatic rings. The number of sulfonamides is 1. The summed E-state index contributed by atoms with van der Waals surface area (Å²) in [5.74, 6) is 0.709. The van der Waals surface area contributed by atoms with Crippen LogP contribution in [0.3, 0.4) is 0 Å². The Hall–Kier alpha value is -0.750. The van der Waals surface area contributed by atoms with E-state index in [1.807, 2.05) is 6.07 Å². The fourth-order valence-electron chi connectivity index (χ4n) is 1.61. The van der Waals surface area contributed by atoms with Crippen LogP contribution in [0.2, 0.25) is 0 Å². The van der Waals surface area contributed by atoms with Gasteiger partial charge >= 0.3 is 0 Å². The molecule has 0 saturated heterocycles. The molecule has 16 heavy (non-hydrogen) atoms. The maximum absolute atomic E-state index is 11.9. The Bertz CT molecular complexity index is 501. The summed E-state index contributed by atoms with van der Waals surface area (Å²) < 4.78 is 31.5. The molecule has 0 N–H and O–H groups in total. The maximum atomic E-state index is 11.9. The van der Waals surface area contributed by atoms with E-state index in [1.165, 1.54) is 4.31 Å². The first-order valence-corrected chi connectivity index (χ1v) is 7.37. The molecule has 0 atom stereocenters. The molecular formula is C10H12BrNO3S. The molecule has 2 rings (SSSR count). The van der Waals surface area contributed by atoms with Crippen LogP contribution < -0.4 is 9.04 Å². The van der Waals surface area contributed by atoms with E-state index in [2.05, 4.69) is 15.9 Å². The number of nitrogens with zero attached hydrogens (tertiary/aromatic N) is 1. The molecule has 0 fully saturated rings. The quantitative estimate of drug-likeness (QED) is 0.839. The number of ether oxygens (including phenoxy) is 1. The third kappa shape index (κ3) is 2.04. The molecule has 0 aromatic heterocycles. The number of anilines is 1. The van der Waals surface area contributed by atoms with Crippen LogP contribution >= 0.6 is 15.9 Å². The van der Waals surface area contributed by atoms with Crippen molar-refractivity contribution in [3.05, 3.63) is 22.7 Å². The van der Waals surface area contributed by atoms with Crippen LogP contribution in [0.4, 0.5) is 5.69 Å². The maximum Gasteiger partial charge on any atom is 0.235 e. The minimum atomic E-state index is -3.21. The smallest absolute Gasteiger partial charge is 0.235 e. The highest BCUT2D eigenvalue weighted by atomic mass is 79.9. The van der Waals surface area contributed by atoms with Crippen LogP contribution in [0.15, 0.2) is 22.7 Å². The monoisotopic (exact) mass is 305 g/mol. The van der Waals surface area contributed by atoms with Crippen molar-refractivity contribution in [1.82, 2.24) is 0 Å². The third-order valence-electron chi connectivity index (χ3n) is 2.44. The zero-order valence-corrected chi connectivity index (χ0v) is 11.2. The molecule has 1 heterocycles. The van der Waals surface area contributed by atoms with Crippen LogP contribution in [-0.2, 0) is 10.0 Å². The standard InChI is InChI=1S/C10H12BrNO3S/c1-2-16(13,14)12-5-6-15-10-7-8(11)3-4-9(10)12/h3-4,7H,2,5-6H2,1H3. The summed E-state index contributed by atoms with van der Waals surface area (Å²) in [4.78, 5) is 0. The van der Waals surface area contributed by atoms with Crippen LogP contribution in [-0.4, -0.2) is 27.3 Å². The van der Waals surface area contributed by atoms with Gasteiger partial charge in [-0.3, -0.25) is 4.31 Å². The van der Waals surface area contributed by atoms with E-state index in [9.17, 15) is 8.42 Å². The van der Waals surface area contributed by atoms with Gasteiger partial charge in [0, 0.05) is 4.47 Å². The van der Waals surface area contributed by atoms with Crippen LogP contribution in [0, 0.1) is 0 Å². The van der Waals surface area contributed by atoms with Gasteiger partial charge in [0.2, 0.25) is 10.0 Å². The van der Waals surface area contributed by atoms with Crippen molar-refractivity contribution < 1.29 is 13.2 Å². The zero-order valence-electron chi connectivity index (χ0n) is 8.81. The minimum Gasteiger partial charge on any atom is -0.489 e. The summed E-state index contributed by atoms with van der Waals surface area (Å²) in [5, 5.41) is 0. The first-order chi connectivity index (χ1) is 7.54. The number of halogens is 1. The predicted octanol–water partition coefficient (Wildman–Crippen LogP) is 2.00. The van der Waals surface area contributed by atoms with Crippen LogP contribution in [0.25, 0.3) is 0 Å². The highest BCUT2D eigenvalue weighted by Gasteiger charge is 2.26. The van der Waals surface area contributed by atoms with Gasteiger partial charge in [0.25, 0.3) is 0 Å². The summed E-state index contributed by atoms with van der Waals surface area (Å²) in [5.41, 5.74) is 0.622. The number of benzene rings is 1. The number of hydrogen-bond acceptors (Lipinski definition) is 3. The molecule has 0 unspecified atom stereocenters. The second-order valence-electron chi connectivity index (χ2n) is 3.43. The molecule has 88 valence electrons. The second kappa shape index (κ2) is 4.25.